The topological polar surface area (TPSA) is 74.7 Å². The third-order valence-electron chi connectivity index (χ3n) is 2.79. The van der Waals surface area contributed by atoms with Gasteiger partial charge in [-0.3, -0.25) is 4.79 Å². The molecule has 0 saturated carbocycles. The van der Waals surface area contributed by atoms with E-state index in [4.69, 9.17) is 5.11 Å². The first-order valence-electron chi connectivity index (χ1n) is 5.96. The fraction of sp³-hybridized carbons (Fsp3) is 0.462. The summed E-state index contributed by atoms with van der Waals surface area (Å²) in [5.74, 6) is -0.449. The first-order chi connectivity index (χ1) is 9.07. The Bertz CT molecular complexity index is 594. The van der Waals surface area contributed by atoms with Gasteiger partial charge in [0.1, 0.15) is 4.75 Å². The summed E-state index contributed by atoms with van der Waals surface area (Å²) in [6.07, 6.45) is 0. The van der Waals surface area contributed by atoms with E-state index in [9.17, 15) is 13.2 Å². The van der Waals surface area contributed by atoms with Crippen LogP contribution in [-0.2, 0) is 20.6 Å². The van der Waals surface area contributed by atoms with E-state index in [1.54, 1.807) is 32.0 Å². The monoisotopic (exact) mass is 317 g/mol. The Morgan fingerprint density at radius 1 is 1.35 bits per heavy atom. The number of sulfonamides is 1. The average molecular weight is 317 g/mol. The number of thioether (sulfide) groups is 1. The van der Waals surface area contributed by atoms with Crippen molar-refractivity contribution in [2.24, 2.45) is 0 Å². The van der Waals surface area contributed by atoms with Gasteiger partial charge in [0.2, 0.25) is 10.0 Å². The van der Waals surface area contributed by atoms with Crippen LogP contribution in [0.3, 0.4) is 0 Å². The lowest BCUT2D eigenvalue weighted by atomic mass is 10.2. The van der Waals surface area contributed by atoms with Gasteiger partial charge in [-0.25, -0.2) is 12.7 Å². The SMILES string of the molecule is CN(C)S(=O)(=O)c1cccc(CSC(C)(C)C(=O)O)c1. The predicted octanol–water partition coefficient (Wildman–Crippen LogP) is 2.03. The number of carboxylic acid groups (broad SMARTS) is 1. The van der Waals surface area contributed by atoms with Crippen molar-refractivity contribution in [2.45, 2.75) is 29.2 Å². The lowest BCUT2D eigenvalue weighted by Crippen LogP contribution is -2.27. The second kappa shape index (κ2) is 6.15. The highest BCUT2D eigenvalue weighted by Gasteiger charge is 2.27. The fourth-order valence-electron chi connectivity index (χ4n) is 1.33. The Balaban J connectivity index is 2.93. The van der Waals surface area contributed by atoms with Crippen molar-refractivity contribution in [3.8, 4) is 0 Å². The Hall–Kier alpha value is -1.05. The van der Waals surface area contributed by atoms with Crippen LogP contribution < -0.4 is 0 Å². The van der Waals surface area contributed by atoms with Gasteiger partial charge in [0.25, 0.3) is 0 Å². The summed E-state index contributed by atoms with van der Waals surface area (Å²) in [7, 11) is -0.509. The van der Waals surface area contributed by atoms with Crippen molar-refractivity contribution in [3.63, 3.8) is 0 Å². The molecule has 0 unspecified atom stereocenters. The third kappa shape index (κ3) is 3.97. The molecule has 7 heteroatoms. The Labute approximate surface area is 124 Å². The highest BCUT2D eigenvalue weighted by atomic mass is 32.2. The molecule has 1 aromatic rings. The average Bonchev–Trinajstić information content (AvgIpc) is 2.36. The molecule has 0 aromatic heterocycles. The smallest absolute Gasteiger partial charge is 0.319 e. The zero-order valence-electron chi connectivity index (χ0n) is 12.0. The van der Waals surface area contributed by atoms with Crippen LogP contribution in [0, 0.1) is 0 Å². The number of carboxylic acids is 1. The van der Waals surface area contributed by atoms with Crippen molar-refractivity contribution in [2.75, 3.05) is 14.1 Å². The van der Waals surface area contributed by atoms with E-state index in [0.29, 0.717) is 5.75 Å². The maximum atomic E-state index is 12.0. The summed E-state index contributed by atoms with van der Waals surface area (Å²) in [6, 6.07) is 6.58. The molecule has 0 radical (unpaired) electrons. The van der Waals surface area contributed by atoms with Crippen molar-refractivity contribution in [3.05, 3.63) is 29.8 Å². The molecule has 0 bridgehead atoms. The molecule has 0 heterocycles. The largest absolute Gasteiger partial charge is 0.480 e. The van der Waals surface area contributed by atoms with Crippen LogP contribution >= 0.6 is 11.8 Å². The van der Waals surface area contributed by atoms with Crippen LogP contribution in [0.2, 0.25) is 0 Å². The van der Waals surface area contributed by atoms with Gasteiger partial charge < -0.3 is 5.11 Å². The Morgan fingerprint density at radius 2 is 1.95 bits per heavy atom. The van der Waals surface area contributed by atoms with Crippen LogP contribution in [-0.4, -0.2) is 42.6 Å². The molecule has 20 heavy (non-hydrogen) atoms. The van der Waals surface area contributed by atoms with Gasteiger partial charge in [-0.1, -0.05) is 12.1 Å². The number of aliphatic carboxylic acids is 1. The highest BCUT2D eigenvalue weighted by Crippen LogP contribution is 2.29. The highest BCUT2D eigenvalue weighted by molar-refractivity contribution is 8.00. The summed E-state index contributed by atoms with van der Waals surface area (Å²) in [4.78, 5) is 11.3. The maximum Gasteiger partial charge on any atom is 0.319 e. The molecule has 1 N–H and O–H groups in total. The van der Waals surface area contributed by atoms with Gasteiger partial charge >= 0.3 is 5.97 Å². The molecule has 1 rings (SSSR count). The summed E-state index contributed by atoms with van der Waals surface area (Å²) in [6.45, 7) is 3.25. The van der Waals surface area contributed by atoms with E-state index in [-0.39, 0.29) is 4.90 Å². The van der Waals surface area contributed by atoms with Crippen molar-refractivity contribution < 1.29 is 18.3 Å². The second-order valence-electron chi connectivity index (χ2n) is 5.04. The van der Waals surface area contributed by atoms with Gasteiger partial charge in [0.15, 0.2) is 0 Å². The molecule has 0 atom stereocenters. The van der Waals surface area contributed by atoms with Gasteiger partial charge in [-0.05, 0) is 31.5 Å². The van der Waals surface area contributed by atoms with Gasteiger partial charge in [-0.2, -0.15) is 0 Å². The summed E-state index contributed by atoms with van der Waals surface area (Å²) >= 11 is 1.26. The van der Waals surface area contributed by atoms with E-state index in [1.807, 2.05) is 0 Å². The van der Waals surface area contributed by atoms with Gasteiger partial charge in [0.05, 0.1) is 4.90 Å². The minimum atomic E-state index is -3.46. The first kappa shape index (κ1) is 17.0. The first-order valence-corrected chi connectivity index (χ1v) is 8.39. The standard InChI is InChI=1S/C13H19NO4S2/c1-13(2,12(15)16)19-9-10-6-5-7-11(8-10)20(17,18)14(3)4/h5-8H,9H2,1-4H3,(H,15,16). The number of nitrogens with zero attached hydrogens (tertiary/aromatic N) is 1. The summed E-state index contributed by atoms with van der Waals surface area (Å²) < 4.78 is 24.3. The minimum Gasteiger partial charge on any atom is -0.480 e. The van der Waals surface area contributed by atoms with Crippen LogP contribution in [0.15, 0.2) is 29.2 Å². The van der Waals surface area contributed by atoms with Crippen molar-refractivity contribution >= 4 is 27.8 Å². The Morgan fingerprint density at radius 3 is 2.45 bits per heavy atom. The normalized spacial score (nSPS) is 12.7. The molecule has 112 valence electrons. The van der Waals surface area contributed by atoms with E-state index in [2.05, 4.69) is 0 Å². The molecular formula is C13H19NO4S2. The van der Waals surface area contributed by atoms with E-state index >= 15 is 0 Å². The van der Waals surface area contributed by atoms with Gasteiger partial charge in [-0.15, -0.1) is 11.8 Å². The Kier molecular flexibility index (Phi) is 5.23. The molecule has 0 spiro atoms. The zero-order valence-corrected chi connectivity index (χ0v) is 13.6. The molecule has 0 aliphatic rings. The zero-order chi connectivity index (χ0) is 15.6. The van der Waals surface area contributed by atoms with E-state index in [0.717, 1.165) is 9.87 Å². The van der Waals surface area contributed by atoms with Crippen molar-refractivity contribution in [1.29, 1.82) is 0 Å². The number of carbonyl (C=O) groups is 1. The number of hydrogen-bond donors (Lipinski definition) is 1. The molecule has 0 fully saturated rings. The number of benzene rings is 1. The van der Waals surface area contributed by atoms with Crippen LogP contribution in [0.4, 0.5) is 0 Å². The molecular weight excluding hydrogens is 298 g/mol. The summed E-state index contributed by atoms with van der Waals surface area (Å²) in [5.41, 5.74) is 0.784. The number of hydrogen-bond acceptors (Lipinski definition) is 4. The molecule has 1 aromatic carbocycles. The minimum absolute atomic E-state index is 0.216. The van der Waals surface area contributed by atoms with Crippen LogP contribution in [0.25, 0.3) is 0 Å². The fourth-order valence-corrected chi connectivity index (χ4v) is 3.14. The molecule has 0 amide bonds. The quantitative estimate of drug-likeness (QED) is 0.869. The van der Waals surface area contributed by atoms with Crippen LogP contribution in [0.1, 0.15) is 19.4 Å². The second-order valence-corrected chi connectivity index (χ2v) is 8.79. The predicted molar refractivity (Wildman–Crippen MR) is 80.3 cm³/mol. The van der Waals surface area contributed by atoms with Crippen molar-refractivity contribution in [1.82, 2.24) is 4.31 Å². The maximum absolute atomic E-state index is 12.0. The number of rotatable bonds is 6. The lowest BCUT2D eigenvalue weighted by molar-refractivity contribution is -0.138. The molecule has 0 aliphatic carbocycles. The third-order valence-corrected chi connectivity index (χ3v) is 5.98. The lowest BCUT2D eigenvalue weighted by Gasteiger charge is -2.18. The molecule has 0 aliphatic heterocycles. The van der Waals surface area contributed by atoms with Gasteiger partial charge in [0, 0.05) is 19.8 Å². The van der Waals surface area contributed by atoms with E-state index in [1.165, 1.54) is 31.9 Å². The van der Waals surface area contributed by atoms with E-state index < -0.39 is 20.7 Å². The summed E-state index contributed by atoms with van der Waals surface area (Å²) in [5, 5.41) is 9.05. The van der Waals surface area contributed by atoms with Crippen LogP contribution in [0.5, 0.6) is 0 Å². The molecule has 0 saturated heterocycles. The molecule has 5 nitrogen and oxygen atoms in total.